The molecule has 16 heavy (non-hydrogen) atoms. The van der Waals surface area contributed by atoms with Crippen LogP contribution in [0.3, 0.4) is 0 Å². The van der Waals surface area contributed by atoms with Crippen molar-refractivity contribution in [3.05, 3.63) is 29.3 Å². The molecule has 1 atom stereocenters. The standard InChI is InChI=1S/C11H13F2NO2/c1-3-6(2)14-10-5-9(13)8(12)4-7(10)11(15)16/h4-6,14H,3H2,1-2H3,(H,15,16). The van der Waals surface area contributed by atoms with E-state index in [9.17, 15) is 13.6 Å². The minimum Gasteiger partial charge on any atom is -0.478 e. The Morgan fingerprint density at radius 2 is 2.00 bits per heavy atom. The van der Waals surface area contributed by atoms with Gasteiger partial charge < -0.3 is 10.4 Å². The molecule has 0 spiro atoms. The number of carboxylic acids is 1. The van der Waals surface area contributed by atoms with E-state index in [1.54, 1.807) is 0 Å². The number of hydrogen-bond donors (Lipinski definition) is 2. The van der Waals surface area contributed by atoms with E-state index in [1.165, 1.54) is 0 Å². The third-order valence-electron chi connectivity index (χ3n) is 2.31. The number of hydrogen-bond acceptors (Lipinski definition) is 2. The molecule has 5 heteroatoms. The van der Waals surface area contributed by atoms with Gasteiger partial charge >= 0.3 is 5.97 Å². The summed E-state index contributed by atoms with van der Waals surface area (Å²) in [7, 11) is 0. The van der Waals surface area contributed by atoms with Gasteiger partial charge in [-0.05, 0) is 19.4 Å². The molecule has 2 N–H and O–H groups in total. The van der Waals surface area contributed by atoms with E-state index in [-0.39, 0.29) is 17.3 Å². The summed E-state index contributed by atoms with van der Waals surface area (Å²) in [6, 6.07) is 1.54. The normalized spacial score (nSPS) is 12.2. The van der Waals surface area contributed by atoms with Gasteiger partial charge in [-0.25, -0.2) is 13.6 Å². The Morgan fingerprint density at radius 3 is 2.50 bits per heavy atom. The Morgan fingerprint density at radius 1 is 1.44 bits per heavy atom. The van der Waals surface area contributed by atoms with E-state index in [4.69, 9.17) is 5.11 Å². The molecule has 0 saturated heterocycles. The van der Waals surface area contributed by atoms with Gasteiger partial charge in [0.2, 0.25) is 0 Å². The highest BCUT2D eigenvalue weighted by Crippen LogP contribution is 2.21. The van der Waals surface area contributed by atoms with E-state index in [0.717, 1.165) is 12.5 Å². The Labute approximate surface area is 92.1 Å². The number of carboxylic acid groups (broad SMARTS) is 1. The molecule has 0 aromatic heterocycles. The quantitative estimate of drug-likeness (QED) is 0.834. The van der Waals surface area contributed by atoms with E-state index in [0.29, 0.717) is 6.07 Å². The van der Waals surface area contributed by atoms with Crippen LogP contribution in [0.15, 0.2) is 12.1 Å². The van der Waals surface area contributed by atoms with Crippen LogP contribution in [0.1, 0.15) is 30.6 Å². The van der Waals surface area contributed by atoms with Crippen LogP contribution in [0.4, 0.5) is 14.5 Å². The maximum absolute atomic E-state index is 13.0. The van der Waals surface area contributed by atoms with Crippen molar-refractivity contribution >= 4 is 11.7 Å². The maximum atomic E-state index is 13.0. The topological polar surface area (TPSA) is 49.3 Å². The number of halogens is 2. The lowest BCUT2D eigenvalue weighted by Crippen LogP contribution is -2.16. The van der Waals surface area contributed by atoms with Crippen LogP contribution in [0.25, 0.3) is 0 Å². The van der Waals surface area contributed by atoms with E-state index in [2.05, 4.69) is 5.32 Å². The van der Waals surface area contributed by atoms with Gasteiger partial charge in [0, 0.05) is 12.1 Å². The zero-order chi connectivity index (χ0) is 12.3. The number of benzene rings is 1. The van der Waals surface area contributed by atoms with E-state index >= 15 is 0 Å². The molecule has 1 unspecified atom stereocenters. The largest absolute Gasteiger partial charge is 0.478 e. The second kappa shape index (κ2) is 4.92. The van der Waals surface area contributed by atoms with Crippen molar-refractivity contribution < 1.29 is 18.7 Å². The number of anilines is 1. The maximum Gasteiger partial charge on any atom is 0.337 e. The number of aromatic carboxylic acids is 1. The molecule has 0 aliphatic carbocycles. The van der Waals surface area contributed by atoms with E-state index in [1.807, 2.05) is 13.8 Å². The fourth-order valence-corrected chi connectivity index (χ4v) is 1.21. The second-order valence-electron chi connectivity index (χ2n) is 3.57. The highest BCUT2D eigenvalue weighted by Gasteiger charge is 2.16. The van der Waals surface area contributed by atoms with Crippen molar-refractivity contribution in [2.24, 2.45) is 0 Å². The molecule has 1 aromatic rings. The van der Waals surface area contributed by atoms with Crippen molar-refractivity contribution in [3.63, 3.8) is 0 Å². The molecule has 0 radical (unpaired) electrons. The number of nitrogens with one attached hydrogen (secondary N) is 1. The number of rotatable bonds is 4. The molecule has 0 aliphatic rings. The fraction of sp³-hybridized carbons (Fsp3) is 0.364. The smallest absolute Gasteiger partial charge is 0.337 e. The van der Waals surface area contributed by atoms with E-state index < -0.39 is 17.6 Å². The van der Waals surface area contributed by atoms with Crippen LogP contribution in [-0.2, 0) is 0 Å². The molecular weight excluding hydrogens is 216 g/mol. The highest BCUT2D eigenvalue weighted by atomic mass is 19.2. The summed E-state index contributed by atoms with van der Waals surface area (Å²) in [4.78, 5) is 10.8. The minimum atomic E-state index is -1.29. The average Bonchev–Trinajstić information content (AvgIpc) is 2.22. The molecule has 1 aromatic carbocycles. The first-order chi connectivity index (χ1) is 7.45. The summed E-state index contributed by atoms with van der Waals surface area (Å²) >= 11 is 0. The monoisotopic (exact) mass is 229 g/mol. The van der Waals surface area contributed by atoms with Gasteiger partial charge in [-0.3, -0.25) is 0 Å². The predicted molar refractivity (Wildman–Crippen MR) is 56.7 cm³/mol. The van der Waals surface area contributed by atoms with Crippen LogP contribution in [0, 0.1) is 11.6 Å². The molecule has 0 bridgehead atoms. The molecule has 0 heterocycles. The SMILES string of the molecule is CCC(C)Nc1cc(F)c(F)cc1C(=O)O. The van der Waals surface area contributed by atoms with Gasteiger partial charge in [0.05, 0.1) is 11.3 Å². The molecule has 0 amide bonds. The Hall–Kier alpha value is -1.65. The first kappa shape index (κ1) is 12.4. The summed E-state index contributed by atoms with van der Waals surface area (Å²) in [5.41, 5.74) is -0.167. The summed E-state index contributed by atoms with van der Waals surface area (Å²) in [6.07, 6.45) is 0.748. The highest BCUT2D eigenvalue weighted by molar-refractivity contribution is 5.94. The van der Waals surface area contributed by atoms with Crippen LogP contribution >= 0.6 is 0 Å². The molecule has 88 valence electrons. The Balaban J connectivity index is 3.14. The predicted octanol–water partition coefficient (Wildman–Crippen LogP) is 2.87. The molecule has 0 aliphatic heterocycles. The Bertz CT molecular complexity index is 407. The van der Waals surface area contributed by atoms with Crippen molar-refractivity contribution in [2.75, 3.05) is 5.32 Å². The van der Waals surface area contributed by atoms with Gasteiger partial charge in [0.25, 0.3) is 0 Å². The van der Waals surface area contributed by atoms with Gasteiger partial charge in [-0.15, -0.1) is 0 Å². The molecule has 0 saturated carbocycles. The molecule has 1 rings (SSSR count). The third kappa shape index (κ3) is 2.68. The first-order valence-electron chi connectivity index (χ1n) is 4.94. The van der Waals surface area contributed by atoms with Crippen molar-refractivity contribution in [1.82, 2.24) is 0 Å². The lowest BCUT2D eigenvalue weighted by molar-refractivity contribution is 0.0697. The first-order valence-corrected chi connectivity index (χ1v) is 4.94. The van der Waals surface area contributed by atoms with Gasteiger partial charge in [-0.2, -0.15) is 0 Å². The van der Waals surface area contributed by atoms with Crippen molar-refractivity contribution in [1.29, 1.82) is 0 Å². The van der Waals surface area contributed by atoms with Crippen LogP contribution in [0.2, 0.25) is 0 Å². The van der Waals surface area contributed by atoms with Crippen LogP contribution < -0.4 is 5.32 Å². The zero-order valence-corrected chi connectivity index (χ0v) is 9.05. The third-order valence-corrected chi connectivity index (χ3v) is 2.31. The van der Waals surface area contributed by atoms with Crippen molar-refractivity contribution in [2.45, 2.75) is 26.3 Å². The minimum absolute atomic E-state index is 0.0111. The van der Waals surface area contributed by atoms with Gasteiger partial charge in [0.1, 0.15) is 0 Å². The fourth-order valence-electron chi connectivity index (χ4n) is 1.21. The number of carbonyl (C=O) groups is 1. The Kier molecular flexibility index (Phi) is 3.82. The summed E-state index contributed by atoms with van der Waals surface area (Å²) < 4.78 is 25.8. The second-order valence-corrected chi connectivity index (χ2v) is 3.57. The van der Waals surface area contributed by atoms with Crippen LogP contribution in [0.5, 0.6) is 0 Å². The van der Waals surface area contributed by atoms with Gasteiger partial charge in [-0.1, -0.05) is 6.92 Å². The lowest BCUT2D eigenvalue weighted by atomic mass is 10.1. The van der Waals surface area contributed by atoms with Crippen LogP contribution in [-0.4, -0.2) is 17.1 Å². The van der Waals surface area contributed by atoms with Gasteiger partial charge in [0.15, 0.2) is 11.6 Å². The molecule has 3 nitrogen and oxygen atoms in total. The average molecular weight is 229 g/mol. The molecular formula is C11H13F2NO2. The summed E-state index contributed by atoms with van der Waals surface area (Å²) in [5, 5.41) is 11.7. The van der Waals surface area contributed by atoms with Crippen molar-refractivity contribution in [3.8, 4) is 0 Å². The summed E-state index contributed by atoms with van der Waals surface area (Å²) in [5.74, 6) is -3.51. The molecule has 0 fully saturated rings. The summed E-state index contributed by atoms with van der Waals surface area (Å²) in [6.45, 7) is 3.73. The lowest BCUT2D eigenvalue weighted by Gasteiger charge is -2.15. The zero-order valence-electron chi connectivity index (χ0n) is 9.05.